The van der Waals surface area contributed by atoms with Gasteiger partial charge in [0.2, 0.25) is 0 Å². The standard InChI is InChI=1S/C13H29NO3/c1-2-3-4-5-8-15-10-12-17-13-11-16-9-6-7-14/h2-14H2,1H3. The zero-order valence-corrected chi connectivity index (χ0v) is 11.3. The molecule has 0 bridgehead atoms. The summed E-state index contributed by atoms with van der Waals surface area (Å²) in [6, 6.07) is 0. The van der Waals surface area contributed by atoms with Gasteiger partial charge in [-0.15, -0.1) is 0 Å². The molecular weight excluding hydrogens is 218 g/mol. The lowest BCUT2D eigenvalue weighted by Gasteiger charge is -2.06. The lowest BCUT2D eigenvalue weighted by molar-refractivity contribution is 0.0138. The summed E-state index contributed by atoms with van der Waals surface area (Å²) in [5.74, 6) is 0. The van der Waals surface area contributed by atoms with Crippen LogP contribution in [-0.2, 0) is 14.2 Å². The van der Waals surface area contributed by atoms with Crippen LogP contribution in [0.1, 0.15) is 39.0 Å². The highest BCUT2D eigenvalue weighted by Crippen LogP contribution is 1.98. The van der Waals surface area contributed by atoms with Crippen LogP contribution in [0, 0.1) is 0 Å². The van der Waals surface area contributed by atoms with Crippen molar-refractivity contribution in [3.05, 3.63) is 0 Å². The number of ether oxygens (including phenoxy) is 3. The van der Waals surface area contributed by atoms with Gasteiger partial charge in [0.15, 0.2) is 0 Å². The molecule has 0 radical (unpaired) electrons. The normalized spacial score (nSPS) is 10.9. The highest BCUT2D eigenvalue weighted by atomic mass is 16.5. The molecule has 4 nitrogen and oxygen atoms in total. The molecule has 0 aliphatic heterocycles. The Hall–Kier alpha value is -0.160. The Morgan fingerprint density at radius 2 is 1.18 bits per heavy atom. The van der Waals surface area contributed by atoms with Crippen molar-refractivity contribution in [2.45, 2.75) is 39.0 Å². The van der Waals surface area contributed by atoms with Crippen molar-refractivity contribution >= 4 is 0 Å². The van der Waals surface area contributed by atoms with Crippen molar-refractivity contribution in [1.29, 1.82) is 0 Å². The lowest BCUT2D eigenvalue weighted by Crippen LogP contribution is -2.11. The summed E-state index contributed by atoms with van der Waals surface area (Å²) in [7, 11) is 0. The summed E-state index contributed by atoms with van der Waals surface area (Å²) >= 11 is 0. The molecule has 0 aliphatic rings. The molecule has 0 aromatic rings. The summed E-state index contributed by atoms with van der Waals surface area (Å²) in [6.45, 7) is 7.13. The molecule has 0 rings (SSSR count). The number of hydrogen-bond acceptors (Lipinski definition) is 4. The largest absolute Gasteiger partial charge is 0.379 e. The second-order valence-electron chi connectivity index (χ2n) is 4.04. The highest BCUT2D eigenvalue weighted by Gasteiger charge is 1.92. The van der Waals surface area contributed by atoms with Gasteiger partial charge >= 0.3 is 0 Å². The molecule has 0 unspecified atom stereocenters. The topological polar surface area (TPSA) is 53.7 Å². The average Bonchev–Trinajstić information content (AvgIpc) is 2.35. The summed E-state index contributed by atoms with van der Waals surface area (Å²) in [4.78, 5) is 0. The first-order valence-corrected chi connectivity index (χ1v) is 6.85. The van der Waals surface area contributed by atoms with Gasteiger partial charge in [-0.25, -0.2) is 0 Å². The Morgan fingerprint density at radius 3 is 1.71 bits per heavy atom. The van der Waals surface area contributed by atoms with Crippen molar-refractivity contribution in [3.63, 3.8) is 0 Å². The first kappa shape index (κ1) is 16.8. The van der Waals surface area contributed by atoms with Gasteiger partial charge in [-0.3, -0.25) is 0 Å². The number of rotatable bonds is 14. The fraction of sp³-hybridized carbons (Fsp3) is 1.00. The Labute approximate surface area is 106 Å². The maximum Gasteiger partial charge on any atom is 0.0701 e. The Kier molecular flexibility index (Phi) is 15.7. The molecule has 0 aliphatic carbocycles. The van der Waals surface area contributed by atoms with Crippen LogP contribution in [0.2, 0.25) is 0 Å². The van der Waals surface area contributed by atoms with E-state index >= 15 is 0 Å². The molecule has 0 saturated heterocycles. The summed E-state index contributed by atoms with van der Waals surface area (Å²) in [5.41, 5.74) is 5.34. The van der Waals surface area contributed by atoms with E-state index in [1.807, 2.05) is 0 Å². The van der Waals surface area contributed by atoms with Crippen molar-refractivity contribution in [1.82, 2.24) is 0 Å². The molecule has 104 valence electrons. The lowest BCUT2D eigenvalue weighted by atomic mass is 10.2. The number of nitrogens with two attached hydrogens (primary N) is 1. The van der Waals surface area contributed by atoms with Gasteiger partial charge in [-0.05, 0) is 19.4 Å². The van der Waals surface area contributed by atoms with Crippen LogP contribution in [0.4, 0.5) is 0 Å². The van der Waals surface area contributed by atoms with E-state index in [2.05, 4.69) is 6.92 Å². The van der Waals surface area contributed by atoms with E-state index in [0.29, 0.717) is 33.0 Å². The molecule has 0 saturated carbocycles. The minimum atomic E-state index is 0.643. The van der Waals surface area contributed by atoms with Gasteiger partial charge in [0.1, 0.15) is 0 Å². The molecule has 4 heteroatoms. The third kappa shape index (κ3) is 15.8. The molecule has 17 heavy (non-hydrogen) atoms. The Bertz CT molecular complexity index is 120. The third-order valence-corrected chi connectivity index (χ3v) is 2.38. The van der Waals surface area contributed by atoms with Gasteiger partial charge < -0.3 is 19.9 Å². The van der Waals surface area contributed by atoms with Crippen LogP contribution < -0.4 is 5.73 Å². The smallest absolute Gasteiger partial charge is 0.0701 e. The molecule has 0 fully saturated rings. The van der Waals surface area contributed by atoms with Gasteiger partial charge in [0.05, 0.1) is 26.4 Å². The summed E-state index contributed by atoms with van der Waals surface area (Å²) in [5, 5.41) is 0. The highest BCUT2D eigenvalue weighted by molar-refractivity contribution is 4.40. The first-order valence-electron chi connectivity index (χ1n) is 6.85. The van der Waals surface area contributed by atoms with Crippen molar-refractivity contribution in [2.24, 2.45) is 5.73 Å². The van der Waals surface area contributed by atoms with Crippen LogP contribution >= 0.6 is 0 Å². The van der Waals surface area contributed by atoms with Crippen molar-refractivity contribution in [2.75, 3.05) is 46.2 Å². The van der Waals surface area contributed by atoms with E-state index in [0.717, 1.165) is 26.1 Å². The van der Waals surface area contributed by atoms with E-state index in [1.54, 1.807) is 0 Å². The van der Waals surface area contributed by atoms with E-state index in [9.17, 15) is 0 Å². The fourth-order valence-corrected chi connectivity index (χ4v) is 1.36. The van der Waals surface area contributed by atoms with Gasteiger partial charge in [0, 0.05) is 13.2 Å². The Balaban J connectivity index is 2.85. The van der Waals surface area contributed by atoms with Crippen molar-refractivity contribution < 1.29 is 14.2 Å². The van der Waals surface area contributed by atoms with Crippen LogP contribution in [0.5, 0.6) is 0 Å². The van der Waals surface area contributed by atoms with E-state index in [-0.39, 0.29) is 0 Å². The maximum atomic E-state index is 5.44. The molecule has 0 atom stereocenters. The van der Waals surface area contributed by atoms with Gasteiger partial charge in [-0.1, -0.05) is 26.2 Å². The predicted octanol–water partition coefficient (Wildman–Crippen LogP) is 1.97. The first-order chi connectivity index (χ1) is 8.41. The van der Waals surface area contributed by atoms with Gasteiger partial charge in [0.25, 0.3) is 0 Å². The SMILES string of the molecule is CCCCCCOCCOCCOCCCN. The molecule has 0 aromatic carbocycles. The minimum absolute atomic E-state index is 0.643. The monoisotopic (exact) mass is 247 g/mol. The molecule has 0 amide bonds. The Morgan fingerprint density at radius 1 is 0.647 bits per heavy atom. The van der Waals surface area contributed by atoms with E-state index in [4.69, 9.17) is 19.9 Å². The molecular formula is C13H29NO3. The second-order valence-corrected chi connectivity index (χ2v) is 4.04. The average molecular weight is 247 g/mol. The quantitative estimate of drug-likeness (QED) is 0.477. The third-order valence-electron chi connectivity index (χ3n) is 2.38. The minimum Gasteiger partial charge on any atom is -0.379 e. The summed E-state index contributed by atoms with van der Waals surface area (Å²) < 4.78 is 16.1. The van der Waals surface area contributed by atoms with Crippen LogP contribution in [0.3, 0.4) is 0 Å². The van der Waals surface area contributed by atoms with Gasteiger partial charge in [-0.2, -0.15) is 0 Å². The van der Waals surface area contributed by atoms with Crippen LogP contribution in [-0.4, -0.2) is 46.2 Å². The number of hydrogen-bond donors (Lipinski definition) is 1. The maximum absolute atomic E-state index is 5.44. The second kappa shape index (κ2) is 15.8. The molecule has 0 aromatic heterocycles. The zero-order chi connectivity index (χ0) is 12.6. The molecule has 0 heterocycles. The van der Waals surface area contributed by atoms with Crippen LogP contribution in [0.25, 0.3) is 0 Å². The van der Waals surface area contributed by atoms with Crippen LogP contribution in [0.15, 0.2) is 0 Å². The van der Waals surface area contributed by atoms with Crippen molar-refractivity contribution in [3.8, 4) is 0 Å². The number of unbranched alkanes of at least 4 members (excludes halogenated alkanes) is 3. The molecule has 2 N–H and O–H groups in total. The fourth-order valence-electron chi connectivity index (χ4n) is 1.36. The summed E-state index contributed by atoms with van der Waals surface area (Å²) in [6.07, 6.45) is 5.93. The van der Waals surface area contributed by atoms with E-state index < -0.39 is 0 Å². The van der Waals surface area contributed by atoms with E-state index in [1.165, 1.54) is 19.3 Å². The predicted molar refractivity (Wildman–Crippen MR) is 70.3 cm³/mol. The molecule has 0 spiro atoms. The zero-order valence-electron chi connectivity index (χ0n) is 11.3.